The van der Waals surface area contributed by atoms with E-state index >= 15 is 0 Å². The predicted octanol–water partition coefficient (Wildman–Crippen LogP) is 2.08. The van der Waals surface area contributed by atoms with Crippen molar-refractivity contribution in [2.45, 2.75) is 18.9 Å². The van der Waals surface area contributed by atoms with Crippen LogP contribution in [0.5, 0.6) is 5.75 Å². The smallest absolute Gasteiger partial charge is 0.260 e. The standard InChI is InChI=1S/C12H14F2N2O/c1-17-10-4-2-8(3-5-10)6-9-7-15-16-11(9)12(13)14/h2-5,7,9,11-12,16H,6H2,1H3/t9?,11-/m0/s1. The molecule has 0 radical (unpaired) electrons. The van der Waals surface area contributed by atoms with Crippen LogP contribution in [0.25, 0.3) is 0 Å². The van der Waals surface area contributed by atoms with Gasteiger partial charge in [-0.15, -0.1) is 0 Å². The molecule has 0 saturated carbocycles. The van der Waals surface area contributed by atoms with E-state index in [1.165, 1.54) is 0 Å². The lowest BCUT2D eigenvalue weighted by Gasteiger charge is -2.17. The molecule has 1 unspecified atom stereocenters. The molecule has 1 aromatic rings. The van der Waals surface area contributed by atoms with Gasteiger partial charge in [0.15, 0.2) is 0 Å². The normalized spacial score (nSPS) is 22.8. The monoisotopic (exact) mass is 240 g/mol. The maximum absolute atomic E-state index is 12.6. The van der Waals surface area contributed by atoms with Gasteiger partial charge in [-0.2, -0.15) is 5.10 Å². The molecule has 1 heterocycles. The first-order chi connectivity index (χ1) is 8.20. The van der Waals surface area contributed by atoms with Crippen LogP contribution in [0.2, 0.25) is 0 Å². The molecule has 0 aromatic heterocycles. The van der Waals surface area contributed by atoms with Crippen LogP contribution in [0.3, 0.4) is 0 Å². The molecule has 1 aliphatic heterocycles. The summed E-state index contributed by atoms with van der Waals surface area (Å²) in [6.45, 7) is 0. The lowest BCUT2D eigenvalue weighted by Crippen LogP contribution is -2.35. The molecule has 0 bridgehead atoms. The van der Waals surface area contributed by atoms with Crippen molar-refractivity contribution in [3.63, 3.8) is 0 Å². The van der Waals surface area contributed by atoms with E-state index in [0.29, 0.717) is 6.42 Å². The highest BCUT2D eigenvalue weighted by Gasteiger charge is 2.31. The van der Waals surface area contributed by atoms with Gasteiger partial charge >= 0.3 is 0 Å². The third-order valence-electron chi connectivity index (χ3n) is 2.85. The molecule has 2 rings (SSSR count). The Morgan fingerprint density at radius 2 is 2.06 bits per heavy atom. The molecule has 5 heteroatoms. The second-order valence-electron chi connectivity index (χ2n) is 3.98. The van der Waals surface area contributed by atoms with E-state index in [4.69, 9.17) is 4.74 Å². The summed E-state index contributed by atoms with van der Waals surface area (Å²) in [5.41, 5.74) is 3.44. The maximum Gasteiger partial charge on any atom is 0.260 e. The summed E-state index contributed by atoms with van der Waals surface area (Å²) < 4.78 is 30.3. The first-order valence-corrected chi connectivity index (χ1v) is 5.40. The molecule has 0 saturated heterocycles. The Balaban J connectivity index is 2.02. The highest BCUT2D eigenvalue weighted by atomic mass is 19.3. The number of methoxy groups -OCH3 is 1. The van der Waals surface area contributed by atoms with Crippen molar-refractivity contribution in [1.29, 1.82) is 0 Å². The molecule has 3 nitrogen and oxygen atoms in total. The number of nitrogens with zero attached hydrogens (tertiary/aromatic N) is 1. The highest BCUT2D eigenvalue weighted by Crippen LogP contribution is 2.21. The fourth-order valence-corrected chi connectivity index (χ4v) is 1.87. The third kappa shape index (κ3) is 2.72. The predicted molar refractivity (Wildman–Crippen MR) is 61.6 cm³/mol. The van der Waals surface area contributed by atoms with Crippen LogP contribution in [0.1, 0.15) is 5.56 Å². The third-order valence-corrected chi connectivity index (χ3v) is 2.85. The van der Waals surface area contributed by atoms with Crippen molar-refractivity contribution < 1.29 is 13.5 Å². The number of ether oxygens (including phenoxy) is 1. The lowest BCUT2D eigenvalue weighted by molar-refractivity contribution is 0.0899. The summed E-state index contributed by atoms with van der Waals surface area (Å²) in [7, 11) is 1.59. The number of hydrazone groups is 1. The SMILES string of the molecule is COc1ccc(CC2C=NN[C@@H]2C(F)F)cc1. The quantitative estimate of drug-likeness (QED) is 0.874. The van der Waals surface area contributed by atoms with E-state index in [-0.39, 0.29) is 5.92 Å². The van der Waals surface area contributed by atoms with Gasteiger partial charge in [-0.3, -0.25) is 0 Å². The van der Waals surface area contributed by atoms with Crippen molar-refractivity contribution in [2.75, 3.05) is 7.11 Å². The molecule has 1 aliphatic rings. The molecule has 0 aliphatic carbocycles. The summed E-state index contributed by atoms with van der Waals surface area (Å²) in [5, 5.41) is 3.72. The van der Waals surface area contributed by atoms with Gasteiger partial charge in [0.25, 0.3) is 6.43 Å². The van der Waals surface area contributed by atoms with Crippen LogP contribution in [0.15, 0.2) is 29.4 Å². The molecule has 1 N–H and O–H groups in total. The van der Waals surface area contributed by atoms with E-state index < -0.39 is 12.5 Å². The average Bonchev–Trinajstić information content (AvgIpc) is 2.78. The first-order valence-electron chi connectivity index (χ1n) is 5.40. The van der Waals surface area contributed by atoms with Gasteiger partial charge in [0.05, 0.1) is 7.11 Å². The van der Waals surface area contributed by atoms with Crippen molar-refractivity contribution in [2.24, 2.45) is 11.0 Å². The van der Waals surface area contributed by atoms with Crippen LogP contribution in [0.4, 0.5) is 8.78 Å². The van der Waals surface area contributed by atoms with Crippen LogP contribution in [-0.4, -0.2) is 25.8 Å². The molecule has 1 aromatic carbocycles. The zero-order chi connectivity index (χ0) is 12.3. The summed E-state index contributed by atoms with van der Waals surface area (Å²) in [4.78, 5) is 0. The van der Waals surface area contributed by atoms with Gasteiger partial charge in [0.1, 0.15) is 11.8 Å². The molecular weight excluding hydrogens is 226 g/mol. The minimum Gasteiger partial charge on any atom is -0.497 e. The van der Waals surface area contributed by atoms with E-state index in [2.05, 4.69) is 10.5 Å². The van der Waals surface area contributed by atoms with Crippen LogP contribution in [0, 0.1) is 5.92 Å². The minimum atomic E-state index is -2.40. The van der Waals surface area contributed by atoms with Crippen LogP contribution >= 0.6 is 0 Å². The van der Waals surface area contributed by atoms with E-state index in [0.717, 1.165) is 11.3 Å². The molecule has 17 heavy (non-hydrogen) atoms. The second-order valence-corrected chi connectivity index (χ2v) is 3.98. The topological polar surface area (TPSA) is 33.6 Å². The fraction of sp³-hybridized carbons (Fsp3) is 0.417. The summed E-state index contributed by atoms with van der Waals surface area (Å²) >= 11 is 0. The number of alkyl halides is 2. The second kappa shape index (κ2) is 5.12. The number of hydrogen-bond acceptors (Lipinski definition) is 3. The largest absolute Gasteiger partial charge is 0.497 e. The zero-order valence-electron chi connectivity index (χ0n) is 9.44. The molecular formula is C12H14F2N2O. The van der Waals surface area contributed by atoms with Crippen LogP contribution in [-0.2, 0) is 6.42 Å². The average molecular weight is 240 g/mol. The Morgan fingerprint density at radius 1 is 1.35 bits per heavy atom. The van der Waals surface area contributed by atoms with E-state index in [9.17, 15) is 8.78 Å². The van der Waals surface area contributed by atoms with Gasteiger partial charge in [0.2, 0.25) is 0 Å². The number of benzene rings is 1. The van der Waals surface area contributed by atoms with Crippen molar-refractivity contribution in [3.05, 3.63) is 29.8 Å². The Labute approximate surface area is 98.5 Å². The highest BCUT2D eigenvalue weighted by molar-refractivity contribution is 5.64. The lowest BCUT2D eigenvalue weighted by atomic mass is 9.94. The number of nitrogens with one attached hydrogen (secondary N) is 1. The van der Waals surface area contributed by atoms with E-state index in [1.807, 2.05) is 24.3 Å². The van der Waals surface area contributed by atoms with Gasteiger partial charge < -0.3 is 10.2 Å². The van der Waals surface area contributed by atoms with Gasteiger partial charge in [0, 0.05) is 12.1 Å². The van der Waals surface area contributed by atoms with Gasteiger partial charge in [-0.25, -0.2) is 8.78 Å². The Hall–Kier alpha value is -1.65. The molecule has 92 valence electrons. The number of halogens is 2. The molecule has 0 fully saturated rings. The Morgan fingerprint density at radius 3 is 2.65 bits per heavy atom. The van der Waals surface area contributed by atoms with E-state index in [1.54, 1.807) is 13.3 Å². The zero-order valence-corrected chi connectivity index (χ0v) is 9.44. The molecule has 2 atom stereocenters. The fourth-order valence-electron chi connectivity index (χ4n) is 1.87. The summed E-state index contributed by atoms with van der Waals surface area (Å²) in [5.74, 6) is 0.501. The van der Waals surface area contributed by atoms with Gasteiger partial charge in [-0.1, -0.05) is 12.1 Å². The van der Waals surface area contributed by atoms with Crippen molar-refractivity contribution >= 4 is 6.21 Å². The van der Waals surface area contributed by atoms with Crippen molar-refractivity contribution in [3.8, 4) is 5.75 Å². The minimum absolute atomic E-state index is 0.261. The Bertz CT molecular complexity index is 392. The maximum atomic E-state index is 12.6. The van der Waals surface area contributed by atoms with Crippen LogP contribution < -0.4 is 10.2 Å². The van der Waals surface area contributed by atoms with Crippen molar-refractivity contribution in [1.82, 2.24) is 5.43 Å². The Kier molecular flexibility index (Phi) is 3.56. The summed E-state index contributed by atoms with van der Waals surface area (Å²) in [6.07, 6.45) is -0.294. The van der Waals surface area contributed by atoms with Gasteiger partial charge in [-0.05, 0) is 24.1 Å². The summed E-state index contributed by atoms with van der Waals surface area (Å²) in [6, 6.07) is 6.54. The number of rotatable bonds is 4. The molecule has 0 amide bonds. The first kappa shape index (κ1) is 11.8. The molecule has 0 spiro atoms. The number of hydrogen-bond donors (Lipinski definition) is 1.